The SMILES string of the molecule is C/C(=N\NC(=O)CN1CCOCC1)c1ccc2c(c1)[C@H]1C=CC[C@H]1[C@@H](c1ccccc1Cl)N2. The lowest BCUT2D eigenvalue weighted by Crippen LogP contribution is -2.42. The monoisotopic (exact) mass is 464 g/mol. The van der Waals surface area contributed by atoms with E-state index in [-0.39, 0.29) is 11.9 Å². The maximum absolute atomic E-state index is 12.3. The van der Waals surface area contributed by atoms with Crippen LogP contribution in [0.4, 0.5) is 5.69 Å². The van der Waals surface area contributed by atoms with Gasteiger partial charge in [0.15, 0.2) is 0 Å². The van der Waals surface area contributed by atoms with Gasteiger partial charge in [-0.2, -0.15) is 5.10 Å². The van der Waals surface area contributed by atoms with E-state index in [1.807, 2.05) is 25.1 Å². The molecule has 0 spiro atoms. The van der Waals surface area contributed by atoms with E-state index >= 15 is 0 Å². The van der Waals surface area contributed by atoms with Gasteiger partial charge in [-0.15, -0.1) is 0 Å². The summed E-state index contributed by atoms with van der Waals surface area (Å²) in [7, 11) is 0. The first-order chi connectivity index (χ1) is 16.1. The number of nitrogens with zero attached hydrogens (tertiary/aromatic N) is 2. The average molecular weight is 465 g/mol. The van der Waals surface area contributed by atoms with E-state index in [0.29, 0.717) is 31.6 Å². The molecule has 2 aromatic carbocycles. The fourth-order valence-electron chi connectivity index (χ4n) is 5.06. The lowest BCUT2D eigenvalue weighted by molar-refractivity contribution is -0.123. The Morgan fingerprint density at radius 3 is 2.85 bits per heavy atom. The third kappa shape index (κ3) is 4.69. The van der Waals surface area contributed by atoms with Crippen LogP contribution >= 0.6 is 11.6 Å². The standard InChI is InChI=1S/C26H29ClN4O2/c1-17(29-30-25(32)16-31-11-13-33-14-12-31)18-9-10-24-22(15-18)19-6-4-7-20(19)26(28-24)21-5-2-3-8-23(21)27/h2-6,8-10,15,19-20,26,28H,7,11-14,16H2,1H3,(H,30,32)/b29-17+/t19-,20+,26-/m0/s1. The number of halogens is 1. The van der Waals surface area contributed by atoms with Gasteiger partial charge < -0.3 is 10.1 Å². The number of morpholine rings is 1. The summed E-state index contributed by atoms with van der Waals surface area (Å²) in [4.78, 5) is 14.4. The van der Waals surface area contributed by atoms with E-state index in [0.717, 1.165) is 47.1 Å². The van der Waals surface area contributed by atoms with Crippen LogP contribution in [0.5, 0.6) is 0 Å². The number of carbonyl (C=O) groups excluding carboxylic acids is 1. The summed E-state index contributed by atoms with van der Waals surface area (Å²) < 4.78 is 5.33. The number of nitrogens with one attached hydrogen (secondary N) is 2. The number of anilines is 1. The molecular formula is C26H29ClN4O2. The number of fused-ring (bicyclic) bond motifs is 3. The van der Waals surface area contributed by atoms with Gasteiger partial charge in [0.1, 0.15) is 0 Å². The van der Waals surface area contributed by atoms with E-state index in [4.69, 9.17) is 16.3 Å². The molecule has 33 heavy (non-hydrogen) atoms. The number of hydrogen-bond acceptors (Lipinski definition) is 5. The van der Waals surface area contributed by atoms with Crippen molar-refractivity contribution in [3.8, 4) is 0 Å². The Morgan fingerprint density at radius 1 is 1.21 bits per heavy atom. The third-order valence-electron chi connectivity index (χ3n) is 6.84. The molecule has 0 radical (unpaired) electrons. The van der Waals surface area contributed by atoms with Gasteiger partial charge in [0, 0.05) is 29.7 Å². The van der Waals surface area contributed by atoms with Crippen molar-refractivity contribution in [3.05, 3.63) is 76.3 Å². The van der Waals surface area contributed by atoms with E-state index in [2.05, 4.69) is 57.2 Å². The Morgan fingerprint density at radius 2 is 2.03 bits per heavy atom. The zero-order valence-electron chi connectivity index (χ0n) is 18.8. The van der Waals surface area contributed by atoms with Crippen molar-refractivity contribution in [2.24, 2.45) is 11.0 Å². The van der Waals surface area contributed by atoms with Crippen molar-refractivity contribution in [1.82, 2.24) is 10.3 Å². The number of benzene rings is 2. The van der Waals surface area contributed by atoms with Crippen molar-refractivity contribution < 1.29 is 9.53 Å². The molecular weight excluding hydrogens is 436 g/mol. The number of hydrazone groups is 1. The molecule has 2 aromatic rings. The first-order valence-corrected chi connectivity index (χ1v) is 11.9. The first kappa shape index (κ1) is 22.1. The molecule has 0 aromatic heterocycles. The molecule has 5 rings (SSSR count). The molecule has 3 atom stereocenters. The molecule has 0 unspecified atom stereocenters. The van der Waals surface area contributed by atoms with Crippen LogP contribution in [-0.4, -0.2) is 49.4 Å². The summed E-state index contributed by atoms with van der Waals surface area (Å²) >= 11 is 6.54. The van der Waals surface area contributed by atoms with Crippen molar-refractivity contribution in [2.45, 2.75) is 25.3 Å². The molecule has 0 bridgehead atoms. The fraction of sp³-hybridized carbons (Fsp3) is 0.385. The van der Waals surface area contributed by atoms with Gasteiger partial charge in [-0.25, -0.2) is 5.43 Å². The van der Waals surface area contributed by atoms with E-state index in [9.17, 15) is 4.79 Å². The van der Waals surface area contributed by atoms with Crippen molar-refractivity contribution in [2.75, 3.05) is 38.2 Å². The Kier molecular flexibility index (Phi) is 6.49. The predicted molar refractivity (Wildman–Crippen MR) is 132 cm³/mol. The highest BCUT2D eigenvalue weighted by Gasteiger charge is 2.38. The molecule has 1 aliphatic carbocycles. The topological polar surface area (TPSA) is 66.0 Å². The van der Waals surface area contributed by atoms with Gasteiger partial charge in [0.2, 0.25) is 0 Å². The average Bonchev–Trinajstić information content (AvgIpc) is 3.33. The Bertz CT molecular complexity index is 1090. The minimum atomic E-state index is -0.0998. The Balaban J connectivity index is 1.33. The molecule has 1 amide bonds. The van der Waals surface area contributed by atoms with Crippen LogP contribution in [0.3, 0.4) is 0 Å². The summed E-state index contributed by atoms with van der Waals surface area (Å²) in [6.07, 6.45) is 5.60. The summed E-state index contributed by atoms with van der Waals surface area (Å²) in [6, 6.07) is 14.6. The summed E-state index contributed by atoms with van der Waals surface area (Å²) in [6.45, 7) is 5.17. The van der Waals surface area contributed by atoms with Gasteiger partial charge in [-0.1, -0.05) is 48.0 Å². The second-order valence-corrected chi connectivity index (χ2v) is 9.33. The van der Waals surface area contributed by atoms with Crippen molar-refractivity contribution in [3.63, 3.8) is 0 Å². The summed E-state index contributed by atoms with van der Waals surface area (Å²) in [5, 5.41) is 8.91. The number of amides is 1. The van der Waals surface area contributed by atoms with Crippen LogP contribution in [0.2, 0.25) is 5.02 Å². The highest BCUT2D eigenvalue weighted by molar-refractivity contribution is 6.31. The number of rotatable bonds is 5. The second-order valence-electron chi connectivity index (χ2n) is 8.92. The molecule has 1 saturated heterocycles. The van der Waals surface area contributed by atoms with Crippen molar-refractivity contribution >= 4 is 28.9 Å². The zero-order chi connectivity index (χ0) is 22.8. The quantitative estimate of drug-likeness (QED) is 0.392. The highest BCUT2D eigenvalue weighted by Crippen LogP contribution is 2.50. The van der Waals surface area contributed by atoms with Crippen LogP contribution in [0, 0.1) is 5.92 Å². The van der Waals surface area contributed by atoms with Crippen molar-refractivity contribution in [1.29, 1.82) is 0 Å². The first-order valence-electron chi connectivity index (χ1n) is 11.6. The van der Waals surface area contributed by atoms with Crippen LogP contribution in [0.1, 0.15) is 42.0 Å². The normalized spacial score (nSPS) is 24.7. The maximum atomic E-state index is 12.3. The maximum Gasteiger partial charge on any atom is 0.254 e. The molecule has 3 aliphatic rings. The second kappa shape index (κ2) is 9.67. The lowest BCUT2D eigenvalue weighted by atomic mass is 9.76. The fourth-order valence-corrected chi connectivity index (χ4v) is 5.32. The molecule has 7 heteroatoms. The van der Waals surface area contributed by atoms with Crippen LogP contribution in [0.25, 0.3) is 0 Å². The molecule has 6 nitrogen and oxygen atoms in total. The van der Waals surface area contributed by atoms with E-state index in [1.54, 1.807) is 0 Å². The number of carbonyl (C=O) groups is 1. The zero-order valence-corrected chi connectivity index (χ0v) is 19.5. The minimum Gasteiger partial charge on any atom is -0.379 e. The lowest BCUT2D eigenvalue weighted by Gasteiger charge is -2.38. The van der Waals surface area contributed by atoms with Crippen LogP contribution in [-0.2, 0) is 9.53 Å². The van der Waals surface area contributed by atoms with E-state index in [1.165, 1.54) is 5.56 Å². The summed E-state index contributed by atoms with van der Waals surface area (Å²) in [5.41, 5.74) is 8.05. The molecule has 2 aliphatic heterocycles. The van der Waals surface area contributed by atoms with Gasteiger partial charge in [-0.3, -0.25) is 9.69 Å². The summed E-state index contributed by atoms with van der Waals surface area (Å²) in [5.74, 6) is 0.640. The third-order valence-corrected chi connectivity index (χ3v) is 7.18. The predicted octanol–water partition coefficient (Wildman–Crippen LogP) is 4.34. The molecule has 2 heterocycles. The smallest absolute Gasteiger partial charge is 0.254 e. The van der Waals surface area contributed by atoms with Gasteiger partial charge >= 0.3 is 0 Å². The van der Waals surface area contributed by atoms with Crippen LogP contribution < -0.4 is 10.7 Å². The Hall–Kier alpha value is -2.67. The number of hydrogen-bond donors (Lipinski definition) is 2. The van der Waals surface area contributed by atoms with Crippen LogP contribution in [0.15, 0.2) is 59.7 Å². The molecule has 172 valence electrons. The van der Waals surface area contributed by atoms with Gasteiger partial charge in [0.25, 0.3) is 5.91 Å². The Labute approximate surface area is 199 Å². The van der Waals surface area contributed by atoms with Gasteiger partial charge in [0.05, 0.1) is 31.5 Å². The van der Waals surface area contributed by atoms with E-state index < -0.39 is 0 Å². The minimum absolute atomic E-state index is 0.0998. The largest absolute Gasteiger partial charge is 0.379 e. The molecule has 0 saturated carbocycles. The van der Waals surface area contributed by atoms with Gasteiger partial charge in [-0.05, 0) is 54.2 Å². The highest BCUT2D eigenvalue weighted by atomic mass is 35.5. The number of allylic oxidation sites excluding steroid dienone is 2. The molecule has 2 N–H and O–H groups in total. The number of ether oxygens (including phenoxy) is 1. The molecule has 1 fully saturated rings.